The summed E-state index contributed by atoms with van der Waals surface area (Å²) in [5, 5.41) is 9.67. The van der Waals surface area contributed by atoms with Crippen LogP contribution in [0.4, 0.5) is 0 Å². The number of ether oxygens (including phenoxy) is 1. The van der Waals surface area contributed by atoms with Gasteiger partial charge in [-0.15, -0.1) is 0 Å². The van der Waals surface area contributed by atoms with Crippen LogP contribution < -0.4 is 10.1 Å². The minimum absolute atomic E-state index is 0.0526. The van der Waals surface area contributed by atoms with Crippen LogP contribution in [0.5, 0.6) is 5.75 Å². The quantitative estimate of drug-likeness (QED) is 0.712. The Balaban J connectivity index is 1.51. The van der Waals surface area contributed by atoms with Crippen LogP contribution in [-0.2, 0) is 21.2 Å². The summed E-state index contributed by atoms with van der Waals surface area (Å²) in [6.45, 7) is 6.09. The Kier molecular flexibility index (Phi) is 6.59. The largest absolute Gasteiger partial charge is 0.483 e. The number of piperidine rings is 1. The molecule has 3 rings (SSSR count). The molecule has 1 aliphatic heterocycles. The maximum absolute atomic E-state index is 12.9. The summed E-state index contributed by atoms with van der Waals surface area (Å²) >= 11 is 0. The van der Waals surface area contributed by atoms with Gasteiger partial charge in [0.15, 0.2) is 6.61 Å². The van der Waals surface area contributed by atoms with Crippen LogP contribution >= 0.6 is 0 Å². The number of carbonyl (C=O) groups is 1. The average Bonchev–Trinajstić information content (AvgIpc) is 3.06. The zero-order valence-corrected chi connectivity index (χ0v) is 17.9. The number of hydrogen-bond acceptors (Lipinski definition) is 5. The molecular weight excluding hydrogens is 392 g/mol. The summed E-state index contributed by atoms with van der Waals surface area (Å²) in [6.07, 6.45) is 1.96. The molecule has 0 aliphatic carbocycles. The molecule has 0 saturated carbocycles. The van der Waals surface area contributed by atoms with Gasteiger partial charge in [-0.3, -0.25) is 9.89 Å². The minimum Gasteiger partial charge on any atom is -0.483 e. The van der Waals surface area contributed by atoms with Crippen LogP contribution in [-0.4, -0.2) is 54.6 Å². The summed E-state index contributed by atoms with van der Waals surface area (Å²) < 4.78 is 32.9. The molecule has 158 valence electrons. The number of rotatable bonds is 7. The van der Waals surface area contributed by atoms with E-state index in [2.05, 4.69) is 15.5 Å². The average molecular weight is 421 g/mol. The topological polar surface area (TPSA) is 104 Å². The van der Waals surface area contributed by atoms with Crippen molar-refractivity contribution in [3.05, 3.63) is 41.2 Å². The number of para-hydroxylation sites is 1. The molecule has 0 radical (unpaired) electrons. The van der Waals surface area contributed by atoms with E-state index in [-0.39, 0.29) is 23.5 Å². The molecule has 1 aromatic carbocycles. The highest BCUT2D eigenvalue weighted by Crippen LogP contribution is 2.25. The maximum Gasteiger partial charge on any atom is 0.258 e. The van der Waals surface area contributed by atoms with E-state index in [4.69, 9.17) is 4.74 Å². The Hall–Kier alpha value is -2.39. The first-order valence-electron chi connectivity index (χ1n) is 9.84. The number of aryl methyl sites for hydroxylation is 3. The molecule has 1 amide bonds. The number of sulfonamides is 1. The number of amides is 1. The summed E-state index contributed by atoms with van der Waals surface area (Å²) in [4.78, 5) is 12.5. The first-order chi connectivity index (χ1) is 13.8. The van der Waals surface area contributed by atoms with E-state index < -0.39 is 10.0 Å². The van der Waals surface area contributed by atoms with Crippen molar-refractivity contribution in [3.8, 4) is 5.75 Å². The Morgan fingerprint density at radius 1 is 1.28 bits per heavy atom. The first-order valence-corrected chi connectivity index (χ1v) is 11.3. The van der Waals surface area contributed by atoms with Crippen molar-refractivity contribution in [2.75, 3.05) is 19.7 Å². The molecular formula is C20H28N4O4S. The second kappa shape index (κ2) is 8.96. The fourth-order valence-corrected chi connectivity index (χ4v) is 5.44. The van der Waals surface area contributed by atoms with Gasteiger partial charge in [0.25, 0.3) is 5.91 Å². The monoisotopic (exact) mass is 420 g/mol. The van der Waals surface area contributed by atoms with E-state index in [0.29, 0.717) is 37.3 Å². The molecule has 1 aliphatic rings. The molecule has 8 nitrogen and oxygen atoms in total. The number of nitrogens with one attached hydrogen (secondary N) is 2. The van der Waals surface area contributed by atoms with E-state index >= 15 is 0 Å². The lowest BCUT2D eigenvalue weighted by molar-refractivity contribution is -0.124. The number of H-pyrrole nitrogens is 1. The van der Waals surface area contributed by atoms with Gasteiger partial charge in [-0.05, 0) is 44.7 Å². The number of benzene rings is 1. The predicted molar refractivity (Wildman–Crippen MR) is 109 cm³/mol. The van der Waals surface area contributed by atoms with Gasteiger partial charge < -0.3 is 10.1 Å². The third kappa shape index (κ3) is 4.79. The standard InChI is InChI=1S/C20H28N4O4S/c1-4-16-7-5-6-8-18(16)28-13-19(25)21-17-9-11-24(12-10-17)29(26,27)20-14(2)22-23-15(20)3/h5-8,17H,4,9-13H2,1-3H3,(H,21,25)(H,22,23). The molecule has 0 atom stereocenters. The van der Waals surface area contributed by atoms with E-state index in [1.807, 2.05) is 31.2 Å². The molecule has 0 unspecified atom stereocenters. The van der Waals surface area contributed by atoms with Crippen molar-refractivity contribution >= 4 is 15.9 Å². The smallest absolute Gasteiger partial charge is 0.258 e. The molecule has 29 heavy (non-hydrogen) atoms. The number of nitrogens with zero attached hydrogens (tertiary/aromatic N) is 2. The van der Waals surface area contributed by atoms with Gasteiger partial charge in [-0.2, -0.15) is 9.40 Å². The zero-order valence-electron chi connectivity index (χ0n) is 17.1. The molecule has 2 N–H and O–H groups in total. The van der Waals surface area contributed by atoms with Crippen LogP contribution in [0.15, 0.2) is 29.2 Å². The van der Waals surface area contributed by atoms with E-state index in [9.17, 15) is 13.2 Å². The SMILES string of the molecule is CCc1ccccc1OCC(=O)NC1CCN(S(=O)(=O)c2c(C)n[nH]c2C)CC1. The molecule has 1 fully saturated rings. The molecule has 2 aromatic rings. The van der Waals surface area contributed by atoms with Gasteiger partial charge in [0, 0.05) is 19.1 Å². The number of aromatic nitrogens is 2. The Morgan fingerprint density at radius 3 is 2.59 bits per heavy atom. The van der Waals surface area contributed by atoms with Crippen molar-refractivity contribution in [1.82, 2.24) is 19.8 Å². The lowest BCUT2D eigenvalue weighted by atomic mass is 10.1. The third-order valence-electron chi connectivity index (χ3n) is 5.19. The Bertz CT molecular complexity index is 943. The van der Waals surface area contributed by atoms with Crippen LogP contribution in [0.25, 0.3) is 0 Å². The predicted octanol–water partition coefficient (Wildman–Crippen LogP) is 1.94. The highest BCUT2D eigenvalue weighted by Gasteiger charge is 2.33. The van der Waals surface area contributed by atoms with E-state index in [1.165, 1.54) is 4.31 Å². The van der Waals surface area contributed by atoms with E-state index in [1.54, 1.807) is 13.8 Å². The van der Waals surface area contributed by atoms with Gasteiger partial charge in [-0.1, -0.05) is 25.1 Å². The van der Waals surface area contributed by atoms with Gasteiger partial charge >= 0.3 is 0 Å². The van der Waals surface area contributed by atoms with Gasteiger partial charge in [0.1, 0.15) is 10.6 Å². The molecule has 1 aromatic heterocycles. The van der Waals surface area contributed by atoms with Crippen molar-refractivity contribution in [3.63, 3.8) is 0 Å². The fraction of sp³-hybridized carbons (Fsp3) is 0.500. The van der Waals surface area contributed by atoms with Crippen LogP contribution in [0.2, 0.25) is 0 Å². The van der Waals surface area contributed by atoms with Crippen molar-refractivity contribution in [2.45, 2.75) is 51.0 Å². The molecule has 9 heteroatoms. The second-order valence-corrected chi connectivity index (χ2v) is 9.13. The van der Waals surface area contributed by atoms with Crippen LogP contribution in [0.3, 0.4) is 0 Å². The summed E-state index contributed by atoms with van der Waals surface area (Å²) in [5.41, 5.74) is 2.08. The minimum atomic E-state index is -3.58. The Labute approximate surface area is 171 Å². The summed E-state index contributed by atoms with van der Waals surface area (Å²) in [6, 6.07) is 7.60. The van der Waals surface area contributed by atoms with Crippen molar-refractivity contribution < 1.29 is 17.9 Å². The molecule has 2 heterocycles. The van der Waals surface area contributed by atoms with Gasteiger partial charge in [0.05, 0.1) is 11.4 Å². The van der Waals surface area contributed by atoms with Gasteiger partial charge in [-0.25, -0.2) is 8.42 Å². The van der Waals surface area contributed by atoms with E-state index in [0.717, 1.165) is 17.7 Å². The highest BCUT2D eigenvalue weighted by atomic mass is 32.2. The van der Waals surface area contributed by atoms with Gasteiger partial charge in [0.2, 0.25) is 10.0 Å². The Morgan fingerprint density at radius 2 is 1.97 bits per heavy atom. The second-order valence-electron chi connectivity index (χ2n) is 7.26. The summed E-state index contributed by atoms with van der Waals surface area (Å²) in [5.74, 6) is 0.524. The lowest BCUT2D eigenvalue weighted by Crippen LogP contribution is -2.47. The number of aromatic amines is 1. The highest BCUT2D eigenvalue weighted by molar-refractivity contribution is 7.89. The normalized spacial score (nSPS) is 16.0. The first kappa shape index (κ1) is 21.3. The maximum atomic E-state index is 12.9. The molecule has 0 bridgehead atoms. The number of carbonyl (C=O) groups excluding carboxylic acids is 1. The summed E-state index contributed by atoms with van der Waals surface area (Å²) in [7, 11) is -3.58. The van der Waals surface area contributed by atoms with Crippen LogP contribution in [0.1, 0.15) is 36.7 Å². The number of hydrogen-bond donors (Lipinski definition) is 2. The molecule has 1 saturated heterocycles. The third-order valence-corrected chi connectivity index (χ3v) is 7.35. The van der Waals surface area contributed by atoms with Crippen LogP contribution in [0, 0.1) is 13.8 Å². The zero-order chi connectivity index (χ0) is 21.0. The lowest BCUT2D eigenvalue weighted by Gasteiger charge is -2.31. The van der Waals surface area contributed by atoms with Crippen molar-refractivity contribution in [2.24, 2.45) is 0 Å². The van der Waals surface area contributed by atoms with Crippen molar-refractivity contribution in [1.29, 1.82) is 0 Å². The molecule has 0 spiro atoms. The fourth-order valence-electron chi connectivity index (χ4n) is 3.64.